The van der Waals surface area contributed by atoms with Crippen LogP contribution in [0.2, 0.25) is 5.02 Å². The average molecular weight is 351 g/mol. The molecule has 23 heavy (non-hydrogen) atoms. The molecule has 1 aromatic carbocycles. The molecule has 1 heterocycles. The van der Waals surface area contributed by atoms with Crippen molar-refractivity contribution in [3.8, 4) is 0 Å². The largest absolute Gasteiger partial charge is 0.335 e. The lowest BCUT2D eigenvalue weighted by molar-refractivity contribution is -0.120. The van der Waals surface area contributed by atoms with Crippen LogP contribution < -0.4 is 11.0 Å². The van der Waals surface area contributed by atoms with Crippen LogP contribution in [-0.4, -0.2) is 21.6 Å². The zero-order chi connectivity index (χ0) is 16.8. The standard InChI is InChI=1S/C15H15ClN4O2S/c1-2-12(9-3-5-10(16)6-4-9)19-20-14(22)8-11-7-13(21)18-15(23)17-11/h3-7H,2,8H2,1H3,(H,20,22)(H2,17,18,21,23)/b19-12-. The summed E-state index contributed by atoms with van der Waals surface area (Å²) in [5, 5.41) is 4.77. The molecule has 1 aromatic heterocycles. The topological polar surface area (TPSA) is 90.1 Å². The number of H-pyrrole nitrogens is 2. The van der Waals surface area contributed by atoms with Gasteiger partial charge in [-0.3, -0.25) is 14.6 Å². The molecule has 8 heteroatoms. The summed E-state index contributed by atoms with van der Waals surface area (Å²) in [7, 11) is 0. The number of carbonyl (C=O) groups excluding carboxylic acids is 1. The summed E-state index contributed by atoms with van der Waals surface area (Å²) in [4.78, 5) is 28.4. The van der Waals surface area contributed by atoms with E-state index in [1.54, 1.807) is 12.1 Å². The van der Waals surface area contributed by atoms with Crippen LogP contribution in [0.3, 0.4) is 0 Å². The molecule has 0 bridgehead atoms. The second-order valence-corrected chi connectivity index (χ2v) is 5.59. The Labute approximate surface area is 142 Å². The maximum absolute atomic E-state index is 11.9. The highest BCUT2D eigenvalue weighted by Gasteiger charge is 2.06. The van der Waals surface area contributed by atoms with Gasteiger partial charge in [0.2, 0.25) is 5.91 Å². The van der Waals surface area contributed by atoms with Gasteiger partial charge in [0.1, 0.15) is 0 Å². The molecule has 0 atom stereocenters. The van der Waals surface area contributed by atoms with Crippen LogP contribution in [0.1, 0.15) is 24.6 Å². The number of rotatable bonds is 5. The number of hydrogen-bond acceptors (Lipinski definition) is 4. The molecule has 3 N–H and O–H groups in total. The molecule has 0 radical (unpaired) electrons. The summed E-state index contributed by atoms with van der Waals surface area (Å²) < 4.78 is 0.180. The van der Waals surface area contributed by atoms with Crippen molar-refractivity contribution in [2.45, 2.75) is 19.8 Å². The lowest BCUT2D eigenvalue weighted by Crippen LogP contribution is -2.23. The van der Waals surface area contributed by atoms with Gasteiger partial charge in [0.15, 0.2) is 4.77 Å². The van der Waals surface area contributed by atoms with Crippen LogP contribution in [0, 0.1) is 4.77 Å². The van der Waals surface area contributed by atoms with Crippen LogP contribution in [0.5, 0.6) is 0 Å². The van der Waals surface area contributed by atoms with Gasteiger partial charge < -0.3 is 4.98 Å². The smallest absolute Gasteiger partial charge is 0.251 e. The Morgan fingerprint density at radius 3 is 2.61 bits per heavy atom. The van der Waals surface area contributed by atoms with Gasteiger partial charge in [0.05, 0.1) is 12.1 Å². The Morgan fingerprint density at radius 1 is 1.30 bits per heavy atom. The number of halogens is 1. The Kier molecular flexibility index (Phi) is 5.84. The molecule has 2 aromatic rings. The predicted octanol–water partition coefficient (Wildman–Crippen LogP) is 2.56. The van der Waals surface area contributed by atoms with Crippen LogP contribution >= 0.6 is 23.8 Å². The first-order valence-electron chi connectivity index (χ1n) is 6.92. The number of hydrazone groups is 1. The molecule has 0 spiro atoms. The van der Waals surface area contributed by atoms with Crippen LogP contribution in [0.25, 0.3) is 0 Å². The third kappa shape index (κ3) is 5.15. The van der Waals surface area contributed by atoms with Crippen molar-refractivity contribution in [1.29, 1.82) is 0 Å². The summed E-state index contributed by atoms with van der Waals surface area (Å²) in [6.07, 6.45) is 0.629. The van der Waals surface area contributed by atoms with Gasteiger partial charge in [-0.2, -0.15) is 5.10 Å². The Balaban J connectivity index is 2.07. The number of amides is 1. The minimum absolute atomic E-state index is 0.0192. The van der Waals surface area contributed by atoms with Crippen molar-refractivity contribution in [2.75, 3.05) is 0 Å². The van der Waals surface area contributed by atoms with Crippen molar-refractivity contribution < 1.29 is 4.79 Å². The third-order valence-corrected chi connectivity index (χ3v) is 3.45. The number of benzene rings is 1. The summed E-state index contributed by atoms with van der Waals surface area (Å²) >= 11 is 10.7. The number of nitrogens with one attached hydrogen (secondary N) is 3. The fourth-order valence-electron chi connectivity index (χ4n) is 1.95. The van der Waals surface area contributed by atoms with Crippen molar-refractivity contribution in [2.24, 2.45) is 5.10 Å². The molecule has 2 rings (SSSR count). The van der Waals surface area contributed by atoms with E-state index in [0.29, 0.717) is 17.1 Å². The van der Waals surface area contributed by atoms with Crippen molar-refractivity contribution in [3.63, 3.8) is 0 Å². The summed E-state index contributed by atoms with van der Waals surface area (Å²) in [5.41, 5.74) is 4.17. The molecule has 0 fully saturated rings. The van der Waals surface area contributed by atoms with E-state index in [1.165, 1.54) is 6.07 Å². The van der Waals surface area contributed by atoms with Gasteiger partial charge in [-0.15, -0.1) is 0 Å². The lowest BCUT2D eigenvalue weighted by Gasteiger charge is -2.05. The van der Waals surface area contributed by atoms with Gasteiger partial charge in [0, 0.05) is 16.8 Å². The molecular formula is C15H15ClN4O2S. The normalized spacial score (nSPS) is 11.3. The van der Waals surface area contributed by atoms with Gasteiger partial charge in [0.25, 0.3) is 5.56 Å². The molecule has 0 aliphatic rings. The molecular weight excluding hydrogens is 336 g/mol. The average Bonchev–Trinajstić information content (AvgIpc) is 2.48. The summed E-state index contributed by atoms with van der Waals surface area (Å²) in [5.74, 6) is -0.346. The number of hydrogen-bond donors (Lipinski definition) is 3. The van der Waals surface area contributed by atoms with E-state index >= 15 is 0 Å². The molecule has 0 saturated heterocycles. The zero-order valence-corrected chi connectivity index (χ0v) is 13.9. The Hall–Kier alpha value is -2.25. The van der Waals surface area contributed by atoms with Crippen molar-refractivity contribution in [1.82, 2.24) is 15.4 Å². The number of nitrogens with zero attached hydrogens (tertiary/aromatic N) is 1. The maximum atomic E-state index is 11.9. The Morgan fingerprint density at radius 2 is 2.00 bits per heavy atom. The fraction of sp³-hybridized carbons (Fsp3) is 0.200. The van der Waals surface area contributed by atoms with E-state index in [1.807, 2.05) is 19.1 Å². The maximum Gasteiger partial charge on any atom is 0.251 e. The molecule has 0 aliphatic heterocycles. The van der Waals surface area contributed by atoms with Gasteiger partial charge in [-0.25, -0.2) is 5.43 Å². The van der Waals surface area contributed by atoms with Crippen LogP contribution in [-0.2, 0) is 11.2 Å². The van der Waals surface area contributed by atoms with Gasteiger partial charge >= 0.3 is 0 Å². The highest BCUT2D eigenvalue weighted by atomic mass is 35.5. The van der Waals surface area contributed by atoms with E-state index in [-0.39, 0.29) is 22.7 Å². The first-order valence-corrected chi connectivity index (χ1v) is 7.70. The molecule has 0 aliphatic carbocycles. The predicted molar refractivity (Wildman–Crippen MR) is 92.4 cm³/mol. The van der Waals surface area contributed by atoms with E-state index < -0.39 is 0 Å². The zero-order valence-electron chi connectivity index (χ0n) is 12.4. The summed E-state index contributed by atoms with van der Waals surface area (Å²) in [6, 6.07) is 8.50. The monoisotopic (exact) mass is 350 g/mol. The number of aromatic nitrogens is 2. The van der Waals surface area contributed by atoms with Crippen LogP contribution in [0.15, 0.2) is 40.2 Å². The quantitative estimate of drug-likeness (QED) is 0.440. The molecule has 6 nitrogen and oxygen atoms in total. The first kappa shape index (κ1) is 17.1. The van der Waals surface area contributed by atoms with Gasteiger partial charge in [-0.05, 0) is 36.3 Å². The van der Waals surface area contributed by atoms with E-state index in [4.69, 9.17) is 23.8 Å². The molecule has 0 unspecified atom stereocenters. The van der Waals surface area contributed by atoms with Crippen LogP contribution in [0.4, 0.5) is 0 Å². The lowest BCUT2D eigenvalue weighted by atomic mass is 10.1. The first-order chi connectivity index (χ1) is 11.0. The van der Waals surface area contributed by atoms with Gasteiger partial charge in [-0.1, -0.05) is 30.7 Å². The molecule has 120 valence electrons. The molecule has 1 amide bonds. The fourth-order valence-corrected chi connectivity index (χ4v) is 2.30. The van der Waals surface area contributed by atoms with E-state index in [9.17, 15) is 9.59 Å². The molecule has 0 saturated carbocycles. The number of aromatic amines is 2. The second kappa shape index (κ2) is 7.85. The van der Waals surface area contributed by atoms with Crippen molar-refractivity contribution in [3.05, 3.63) is 61.7 Å². The highest BCUT2D eigenvalue weighted by Crippen LogP contribution is 2.11. The van der Waals surface area contributed by atoms with Crippen molar-refractivity contribution >= 4 is 35.4 Å². The summed E-state index contributed by atoms with van der Waals surface area (Å²) in [6.45, 7) is 1.94. The van der Waals surface area contributed by atoms with E-state index in [2.05, 4.69) is 20.5 Å². The minimum Gasteiger partial charge on any atom is -0.335 e. The number of carbonyl (C=O) groups is 1. The minimum atomic E-state index is -0.351. The SMILES string of the molecule is CC/C(=N/NC(=O)Cc1cc(=O)[nH]c(=S)[nH]1)c1ccc(Cl)cc1. The Bertz CT molecular complexity index is 811. The van der Waals surface area contributed by atoms with E-state index in [0.717, 1.165) is 11.3 Å². The second-order valence-electron chi connectivity index (χ2n) is 4.74. The highest BCUT2D eigenvalue weighted by molar-refractivity contribution is 7.71. The third-order valence-electron chi connectivity index (χ3n) is 3.00.